The maximum absolute atomic E-state index is 13.9. The molecule has 0 aliphatic heterocycles. The molecule has 0 saturated carbocycles. The summed E-state index contributed by atoms with van der Waals surface area (Å²) < 4.78 is 216. The number of nitrogens with zero attached hydrogens (tertiary/aromatic N) is 1. The lowest BCUT2D eigenvalue weighted by Gasteiger charge is -2.19. The first-order valence-electron chi connectivity index (χ1n) is 18.6. The minimum atomic E-state index is -3.75. The number of hydrogen-bond acceptors (Lipinski definition) is 4. The van der Waals surface area contributed by atoms with Crippen LogP contribution in [0.3, 0.4) is 0 Å². The van der Waals surface area contributed by atoms with Crippen LogP contribution in [-0.2, 0) is 0 Å². The first-order valence-corrected chi connectivity index (χ1v) is 18.6. The maximum Gasteiger partial charge on any atom is 0.864 e. The molecule has 0 atom stereocenters. The standard InChI is InChI=1S/C20H43N.C18BF15O3/c1-4-5-6-7-8-9-10-11-12-13-14-15-16-17-18-19-20-21(2)3;20-1-4(23)10(29)16(11(30)5(1)24)35-19(36-17-12(31)6(25)2(21)7(26)13(17)32)37-18-14(33)8(27)3(22)9(28)15(18)34/h4-20H2,1-3H3;. The van der Waals surface area contributed by atoms with Crippen LogP contribution in [0.1, 0.15) is 110 Å². The van der Waals surface area contributed by atoms with E-state index >= 15 is 0 Å². The first kappa shape index (κ1) is 50.2. The lowest BCUT2D eigenvalue weighted by molar-refractivity contribution is 0.247. The molecule has 0 aromatic heterocycles. The third-order valence-electron chi connectivity index (χ3n) is 8.61. The van der Waals surface area contributed by atoms with Gasteiger partial charge >= 0.3 is 7.32 Å². The summed E-state index contributed by atoms with van der Waals surface area (Å²) >= 11 is 0. The Hall–Kier alpha value is -3.97. The maximum atomic E-state index is 13.9. The van der Waals surface area contributed by atoms with E-state index in [-0.39, 0.29) is 0 Å². The highest BCUT2D eigenvalue weighted by atomic mass is 19.2. The van der Waals surface area contributed by atoms with Crippen molar-refractivity contribution < 1.29 is 79.8 Å². The predicted octanol–water partition coefficient (Wildman–Crippen LogP) is 13.1. The average molecular weight is 858 g/mol. The minimum Gasteiger partial charge on any atom is -0.484 e. The molecular weight excluding hydrogens is 814 g/mol. The summed E-state index contributed by atoms with van der Waals surface area (Å²) in [5.41, 5.74) is 0. The van der Waals surface area contributed by atoms with Crippen molar-refractivity contribution in [2.75, 3.05) is 20.6 Å². The highest BCUT2D eigenvalue weighted by molar-refractivity contribution is 6.39. The van der Waals surface area contributed by atoms with Gasteiger partial charge in [-0.15, -0.1) is 0 Å². The van der Waals surface area contributed by atoms with Crippen molar-refractivity contribution in [1.29, 1.82) is 0 Å². The minimum absolute atomic E-state index is 1.26. The Morgan fingerprint density at radius 3 is 0.707 bits per heavy atom. The molecule has 0 aliphatic carbocycles. The van der Waals surface area contributed by atoms with Crippen LogP contribution in [-0.4, -0.2) is 32.9 Å². The van der Waals surface area contributed by atoms with Crippen molar-refractivity contribution in [1.82, 2.24) is 4.90 Å². The summed E-state index contributed by atoms with van der Waals surface area (Å²) in [6.45, 7) is 3.56. The molecule has 0 aliphatic rings. The second-order valence-electron chi connectivity index (χ2n) is 13.4. The lowest BCUT2D eigenvalue weighted by Crippen LogP contribution is -2.39. The highest BCUT2D eigenvalue weighted by Crippen LogP contribution is 2.35. The van der Waals surface area contributed by atoms with Crippen molar-refractivity contribution in [2.24, 2.45) is 0 Å². The number of benzene rings is 3. The van der Waals surface area contributed by atoms with Gasteiger partial charge in [-0.3, -0.25) is 0 Å². The number of unbranched alkanes of at least 4 members (excludes halogenated alkanes) is 15. The Kier molecular flexibility index (Phi) is 21.5. The summed E-state index contributed by atoms with van der Waals surface area (Å²) in [6, 6.07) is 0. The van der Waals surface area contributed by atoms with Crippen molar-refractivity contribution in [3.63, 3.8) is 0 Å². The fourth-order valence-electron chi connectivity index (χ4n) is 5.40. The topological polar surface area (TPSA) is 30.9 Å². The van der Waals surface area contributed by atoms with E-state index in [1.54, 1.807) is 0 Å². The third-order valence-corrected chi connectivity index (χ3v) is 8.61. The van der Waals surface area contributed by atoms with Crippen LogP contribution in [0.25, 0.3) is 0 Å². The van der Waals surface area contributed by atoms with Crippen LogP contribution in [0.15, 0.2) is 0 Å². The second-order valence-corrected chi connectivity index (χ2v) is 13.4. The number of rotatable bonds is 23. The summed E-state index contributed by atoms with van der Waals surface area (Å²) in [4.78, 5) is 2.30. The molecule has 0 spiro atoms. The van der Waals surface area contributed by atoms with Gasteiger partial charge in [0.1, 0.15) is 0 Å². The van der Waals surface area contributed by atoms with E-state index in [0.717, 1.165) is 0 Å². The first-order chi connectivity index (χ1) is 27.4. The Morgan fingerprint density at radius 1 is 0.310 bits per heavy atom. The molecule has 4 nitrogen and oxygen atoms in total. The summed E-state index contributed by atoms with van der Waals surface area (Å²) in [5, 5.41) is 0. The van der Waals surface area contributed by atoms with Gasteiger partial charge in [-0.1, -0.05) is 103 Å². The van der Waals surface area contributed by atoms with E-state index in [0.29, 0.717) is 0 Å². The quantitative estimate of drug-likeness (QED) is 0.0313. The van der Waals surface area contributed by atoms with Crippen LogP contribution in [0.4, 0.5) is 65.9 Å². The SMILES string of the molecule is CCCCCCCCCCCCCCCCCCN(C)C.Fc1c(F)c(F)c(OB(Oc2c(F)c(F)c(F)c(F)c2F)Oc2c(F)c(F)c(F)c(F)c2F)c(F)c1F. The van der Waals surface area contributed by atoms with Crippen molar-refractivity contribution in [2.45, 2.75) is 110 Å². The van der Waals surface area contributed by atoms with Gasteiger partial charge in [0, 0.05) is 0 Å². The van der Waals surface area contributed by atoms with Gasteiger partial charge in [0.15, 0.2) is 17.2 Å². The number of halogens is 15. The van der Waals surface area contributed by atoms with E-state index < -0.39 is 112 Å². The molecule has 58 heavy (non-hydrogen) atoms. The van der Waals surface area contributed by atoms with Crippen LogP contribution in [0, 0.1) is 87.3 Å². The van der Waals surface area contributed by atoms with E-state index in [9.17, 15) is 65.9 Å². The Labute approximate surface area is 326 Å². The Morgan fingerprint density at radius 2 is 0.500 bits per heavy atom. The Balaban J connectivity index is 0.000000472. The van der Waals surface area contributed by atoms with E-state index in [4.69, 9.17) is 0 Å². The molecule has 3 rings (SSSR count). The molecule has 0 heterocycles. The largest absolute Gasteiger partial charge is 0.864 e. The fourth-order valence-corrected chi connectivity index (χ4v) is 5.40. The predicted molar refractivity (Wildman–Crippen MR) is 184 cm³/mol. The van der Waals surface area contributed by atoms with Crippen molar-refractivity contribution >= 4 is 7.32 Å². The highest BCUT2D eigenvalue weighted by Gasteiger charge is 2.42. The van der Waals surface area contributed by atoms with Crippen LogP contribution in [0.2, 0.25) is 0 Å². The summed E-state index contributed by atoms with van der Waals surface area (Å²) in [5.74, 6) is -50.0. The molecule has 0 N–H and O–H groups in total. The molecule has 0 unspecified atom stereocenters. The van der Waals surface area contributed by atoms with Crippen LogP contribution in [0.5, 0.6) is 17.2 Å². The van der Waals surface area contributed by atoms with Gasteiger partial charge in [0.25, 0.3) is 0 Å². The normalized spacial score (nSPS) is 11.2. The lowest BCUT2D eigenvalue weighted by atomic mass is 10.0. The fraction of sp³-hybridized carbons (Fsp3) is 0.526. The van der Waals surface area contributed by atoms with Gasteiger partial charge in [-0.2, -0.15) is 26.3 Å². The van der Waals surface area contributed by atoms with Crippen LogP contribution < -0.4 is 14.0 Å². The summed E-state index contributed by atoms with van der Waals surface area (Å²) in [6.07, 6.45) is 23.3. The molecule has 0 radical (unpaired) electrons. The molecule has 3 aromatic carbocycles. The molecule has 20 heteroatoms. The van der Waals surface area contributed by atoms with Gasteiger partial charge in [-0.25, -0.2) is 39.5 Å². The smallest absolute Gasteiger partial charge is 0.484 e. The van der Waals surface area contributed by atoms with Crippen molar-refractivity contribution in [3.8, 4) is 17.2 Å². The molecule has 326 valence electrons. The van der Waals surface area contributed by atoms with Gasteiger partial charge in [0.05, 0.1) is 0 Å². The van der Waals surface area contributed by atoms with Gasteiger partial charge in [0.2, 0.25) is 87.3 Å². The average Bonchev–Trinajstić information content (AvgIpc) is 3.20. The monoisotopic (exact) mass is 857 g/mol. The molecule has 3 aromatic rings. The third kappa shape index (κ3) is 14.1. The molecule has 0 amide bonds. The second kappa shape index (κ2) is 24.8. The van der Waals surface area contributed by atoms with E-state index in [1.807, 2.05) is 0 Å². The molecular formula is C38H43BF15NO3. The summed E-state index contributed by atoms with van der Waals surface area (Å²) in [7, 11) is 0.589. The van der Waals surface area contributed by atoms with Gasteiger partial charge in [-0.05, 0) is 27.1 Å². The Bertz CT molecular complexity index is 1530. The zero-order valence-electron chi connectivity index (χ0n) is 31.9. The zero-order chi connectivity index (χ0) is 43.7. The zero-order valence-corrected chi connectivity index (χ0v) is 31.9. The molecule has 0 bridgehead atoms. The number of hydrogen-bond donors (Lipinski definition) is 0. The van der Waals surface area contributed by atoms with Crippen LogP contribution >= 0.6 is 0 Å². The van der Waals surface area contributed by atoms with E-state index in [1.165, 1.54) is 109 Å². The van der Waals surface area contributed by atoms with Gasteiger partial charge < -0.3 is 18.9 Å². The molecule has 0 fully saturated rings. The van der Waals surface area contributed by atoms with Crippen molar-refractivity contribution in [3.05, 3.63) is 87.3 Å². The molecule has 0 saturated heterocycles. The van der Waals surface area contributed by atoms with E-state index in [2.05, 4.69) is 39.9 Å².